The van der Waals surface area contributed by atoms with Crippen LogP contribution in [0.3, 0.4) is 0 Å². The lowest BCUT2D eigenvalue weighted by atomic mass is 10.1. The van der Waals surface area contributed by atoms with E-state index in [0.29, 0.717) is 26.1 Å². The van der Waals surface area contributed by atoms with Gasteiger partial charge in [0.2, 0.25) is 5.91 Å². The second kappa shape index (κ2) is 10.6. The first kappa shape index (κ1) is 20.1. The number of hydrogen-bond acceptors (Lipinski definition) is 5. The van der Waals surface area contributed by atoms with Crippen LogP contribution in [0.25, 0.3) is 0 Å². The quantitative estimate of drug-likeness (QED) is 0.609. The van der Waals surface area contributed by atoms with Crippen molar-refractivity contribution in [1.82, 2.24) is 15.1 Å². The Morgan fingerprint density at radius 3 is 2.70 bits per heavy atom. The number of aliphatic hydroxyl groups is 1. The van der Waals surface area contributed by atoms with E-state index in [2.05, 4.69) is 10.2 Å². The summed E-state index contributed by atoms with van der Waals surface area (Å²) in [6.45, 7) is 6.28. The van der Waals surface area contributed by atoms with Crippen LogP contribution in [-0.4, -0.2) is 72.8 Å². The topological polar surface area (TPSA) is 65.0 Å². The highest BCUT2D eigenvalue weighted by molar-refractivity contribution is 5.78. The molecule has 0 spiro atoms. The number of carbonyl (C=O) groups excluding carboxylic acids is 1. The minimum Gasteiger partial charge on any atom is -0.491 e. The number of β-amino-alcohol motifs (C(OH)–C–C–N with tert-alkyl or cyclic N) is 1. The molecule has 2 aliphatic heterocycles. The first-order valence-electron chi connectivity index (χ1n) is 10.3. The van der Waals surface area contributed by atoms with E-state index in [-0.39, 0.29) is 5.91 Å². The van der Waals surface area contributed by atoms with Crippen molar-refractivity contribution < 1.29 is 14.6 Å². The number of piperidine rings is 1. The van der Waals surface area contributed by atoms with Gasteiger partial charge in [-0.1, -0.05) is 24.6 Å². The van der Waals surface area contributed by atoms with Crippen molar-refractivity contribution >= 4 is 5.91 Å². The Morgan fingerprint density at radius 1 is 1.11 bits per heavy atom. The molecule has 2 fully saturated rings. The standard InChI is InChI=1S/C21H33N3O3/c25-19(16-23-11-4-1-5-12-23)17-27-20-8-3-2-7-18(20)15-22-10-14-24-13-6-9-21(24)26/h2-3,7-8,19,22,25H,1,4-6,9-17H2/t19-/m0/s1. The Hall–Kier alpha value is -1.63. The number of benzene rings is 1. The third kappa shape index (κ3) is 6.48. The molecule has 6 nitrogen and oxygen atoms in total. The molecule has 2 N–H and O–H groups in total. The van der Waals surface area contributed by atoms with Gasteiger partial charge in [-0.2, -0.15) is 0 Å². The molecule has 3 rings (SSSR count). The molecule has 2 heterocycles. The molecule has 0 aliphatic carbocycles. The molecule has 0 aromatic heterocycles. The van der Waals surface area contributed by atoms with E-state index in [1.807, 2.05) is 29.2 Å². The number of nitrogens with one attached hydrogen (secondary N) is 1. The van der Waals surface area contributed by atoms with Crippen LogP contribution in [0.1, 0.15) is 37.7 Å². The molecular weight excluding hydrogens is 342 g/mol. The summed E-state index contributed by atoms with van der Waals surface area (Å²) in [5.41, 5.74) is 1.08. The fourth-order valence-electron chi connectivity index (χ4n) is 3.85. The Kier molecular flexibility index (Phi) is 7.93. The summed E-state index contributed by atoms with van der Waals surface area (Å²) in [7, 11) is 0. The predicted molar refractivity (Wildman–Crippen MR) is 106 cm³/mol. The van der Waals surface area contributed by atoms with Crippen LogP contribution in [0.2, 0.25) is 0 Å². The van der Waals surface area contributed by atoms with Gasteiger partial charge in [-0.25, -0.2) is 0 Å². The van der Waals surface area contributed by atoms with Crippen LogP contribution in [0, 0.1) is 0 Å². The smallest absolute Gasteiger partial charge is 0.222 e. The third-order valence-electron chi connectivity index (χ3n) is 5.37. The molecule has 27 heavy (non-hydrogen) atoms. The average Bonchev–Trinajstić information content (AvgIpc) is 3.10. The summed E-state index contributed by atoms with van der Waals surface area (Å²) < 4.78 is 5.91. The number of aliphatic hydroxyl groups excluding tert-OH is 1. The van der Waals surface area contributed by atoms with Gasteiger partial charge in [-0.05, 0) is 38.4 Å². The first-order valence-corrected chi connectivity index (χ1v) is 10.3. The average molecular weight is 376 g/mol. The SMILES string of the molecule is O=C1CCCN1CCNCc1ccccc1OC[C@@H](O)CN1CCCCC1. The second-order valence-corrected chi connectivity index (χ2v) is 7.59. The van der Waals surface area contributed by atoms with Crippen molar-refractivity contribution in [1.29, 1.82) is 0 Å². The molecule has 1 amide bonds. The second-order valence-electron chi connectivity index (χ2n) is 7.59. The number of rotatable bonds is 10. The molecule has 1 aromatic carbocycles. The molecule has 2 saturated heterocycles. The van der Waals surface area contributed by atoms with E-state index >= 15 is 0 Å². The Morgan fingerprint density at radius 2 is 1.93 bits per heavy atom. The number of ether oxygens (including phenoxy) is 1. The summed E-state index contributed by atoms with van der Waals surface area (Å²) in [6, 6.07) is 7.95. The van der Waals surface area contributed by atoms with E-state index in [1.54, 1.807) is 0 Å². The maximum absolute atomic E-state index is 11.6. The number of para-hydroxylation sites is 1. The monoisotopic (exact) mass is 375 g/mol. The summed E-state index contributed by atoms with van der Waals surface area (Å²) in [5.74, 6) is 1.09. The fraction of sp³-hybridized carbons (Fsp3) is 0.667. The maximum atomic E-state index is 11.6. The number of likely N-dealkylation sites (tertiary alicyclic amines) is 2. The lowest BCUT2D eigenvalue weighted by molar-refractivity contribution is -0.127. The highest BCUT2D eigenvalue weighted by atomic mass is 16.5. The molecule has 0 unspecified atom stereocenters. The zero-order valence-electron chi connectivity index (χ0n) is 16.2. The zero-order valence-corrected chi connectivity index (χ0v) is 16.2. The van der Waals surface area contributed by atoms with Crippen molar-refractivity contribution in [2.75, 3.05) is 45.9 Å². The minimum absolute atomic E-state index is 0.267. The molecule has 0 saturated carbocycles. The molecule has 0 radical (unpaired) electrons. The van der Waals surface area contributed by atoms with Gasteiger partial charge in [0.05, 0.1) is 0 Å². The van der Waals surface area contributed by atoms with Crippen LogP contribution in [0.15, 0.2) is 24.3 Å². The van der Waals surface area contributed by atoms with Crippen LogP contribution >= 0.6 is 0 Å². The van der Waals surface area contributed by atoms with Crippen molar-refractivity contribution in [3.05, 3.63) is 29.8 Å². The highest BCUT2D eigenvalue weighted by Gasteiger charge is 2.19. The van der Waals surface area contributed by atoms with Gasteiger partial charge in [0.15, 0.2) is 0 Å². The van der Waals surface area contributed by atoms with E-state index in [0.717, 1.165) is 50.5 Å². The highest BCUT2D eigenvalue weighted by Crippen LogP contribution is 2.18. The van der Waals surface area contributed by atoms with Gasteiger partial charge in [-0.15, -0.1) is 0 Å². The van der Waals surface area contributed by atoms with E-state index in [9.17, 15) is 9.90 Å². The van der Waals surface area contributed by atoms with Gasteiger partial charge >= 0.3 is 0 Å². The summed E-state index contributed by atoms with van der Waals surface area (Å²) >= 11 is 0. The van der Waals surface area contributed by atoms with Crippen LogP contribution in [0.4, 0.5) is 0 Å². The van der Waals surface area contributed by atoms with Crippen LogP contribution in [0.5, 0.6) is 5.75 Å². The number of carbonyl (C=O) groups is 1. The van der Waals surface area contributed by atoms with Crippen molar-refractivity contribution in [3.8, 4) is 5.75 Å². The van der Waals surface area contributed by atoms with Crippen molar-refractivity contribution in [2.24, 2.45) is 0 Å². The normalized spacial score (nSPS) is 19.4. The largest absolute Gasteiger partial charge is 0.491 e. The molecule has 1 atom stereocenters. The number of amides is 1. The lowest BCUT2D eigenvalue weighted by Crippen LogP contribution is -2.38. The summed E-state index contributed by atoms with van der Waals surface area (Å²) in [5, 5.41) is 13.7. The fourth-order valence-corrected chi connectivity index (χ4v) is 3.85. The van der Waals surface area contributed by atoms with E-state index in [1.165, 1.54) is 19.3 Å². The molecular formula is C21H33N3O3. The van der Waals surface area contributed by atoms with Gasteiger partial charge in [0.25, 0.3) is 0 Å². The number of hydrogen-bond donors (Lipinski definition) is 2. The first-order chi connectivity index (χ1) is 13.2. The summed E-state index contributed by atoms with van der Waals surface area (Å²) in [4.78, 5) is 15.9. The number of nitrogens with zero attached hydrogens (tertiary/aromatic N) is 2. The van der Waals surface area contributed by atoms with Crippen LogP contribution < -0.4 is 10.1 Å². The third-order valence-corrected chi connectivity index (χ3v) is 5.37. The minimum atomic E-state index is -0.467. The Balaban J connectivity index is 1.39. The Bertz CT molecular complexity index is 590. The molecule has 0 bridgehead atoms. The lowest BCUT2D eigenvalue weighted by Gasteiger charge is -2.28. The van der Waals surface area contributed by atoms with Crippen molar-refractivity contribution in [3.63, 3.8) is 0 Å². The van der Waals surface area contributed by atoms with Crippen molar-refractivity contribution in [2.45, 2.75) is 44.8 Å². The predicted octanol–water partition coefficient (Wildman–Crippen LogP) is 1.62. The molecule has 150 valence electrons. The zero-order chi connectivity index (χ0) is 18.9. The maximum Gasteiger partial charge on any atom is 0.222 e. The van der Waals surface area contributed by atoms with Crippen LogP contribution in [-0.2, 0) is 11.3 Å². The van der Waals surface area contributed by atoms with E-state index < -0.39 is 6.10 Å². The van der Waals surface area contributed by atoms with E-state index in [4.69, 9.17) is 4.74 Å². The van der Waals surface area contributed by atoms with Gasteiger partial charge < -0.3 is 25.0 Å². The molecule has 1 aromatic rings. The Labute approximate surface area is 162 Å². The van der Waals surface area contributed by atoms with Gasteiger partial charge in [-0.3, -0.25) is 4.79 Å². The van der Waals surface area contributed by atoms with Gasteiger partial charge in [0, 0.05) is 44.7 Å². The molecule has 2 aliphatic rings. The molecule has 6 heteroatoms. The summed E-state index contributed by atoms with van der Waals surface area (Å²) in [6.07, 6.45) is 4.96. The van der Waals surface area contributed by atoms with Gasteiger partial charge in [0.1, 0.15) is 18.5 Å².